The SMILES string of the molecule is Oc1ccc(NC2CCN(c3ccncc3)CC2)cc1Cl. The second-order valence-electron chi connectivity index (χ2n) is 5.28. The number of nitrogens with one attached hydrogen (secondary N) is 1. The molecule has 0 spiro atoms. The first-order valence-corrected chi connectivity index (χ1v) is 7.50. The Hall–Kier alpha value is -1.94. The molecule has 4 nitrogen and oxygen atoms in total. The molecule has 1 fully saturated rings. The van der Waals surface area contributed by atoms with Crippen molar-refractivity contribution in [1.29, 1.82) is 0 Å². The molecule has 1 aromatic carbocycles. The highest BCUT2D eigenvalue weighted by atomic mass is 35.5. The van der Waals surface area contributed by atoms with Crippen LogP contribution < -0.4 is 10.2 Å². The molecule has 0 atom stereocenters. The predicted molar refractivity (Wildman–Crippen MR) is 86.2 cm³/mol. The number of hydrogen-bond donors (Lipinski definition) is 2. The van der Waals surface area contributed by atoms with E-state index in [0.29, 0.717) is 11.1 Å². The van der Waals surface area contributed by atoms with E-state index in [0.717, 1.165) is 31.6 Å². The molecule has 2 heterocycles. The Kier molecular flexibility index (Phi) is 4.15. The normalized spacial score (nSPS) is 16.0. The fourth-order valence-electron chi connectivity index (χ4n) is 2.67. The molecule has 21 heavy (non-hydrogen) atoms. The Bertz CT molecular complexity index is 598. The number of benzene rings is 1. The van der Waals surface area contributed by atoms with Crippen molar-refractivity contribution in [3.05, 3.63) is 47.7 Å². The Balaban J connectivity index is 1.57. The number of aromatic nitrogens is 1. The fraction of sp³-hybridized carbons (Fsp3) is 0.312. The highest BCUT2D eigenvalue weighted by molar-refractivity contribution is 6.32. The quantitative estimate of drug-likeness (QED) is 0.852. The van der Waals surface area contributed by atoms with Crippen molar-refractivity contribution in [3.8, 4) is 5.75 Å². The van der Waals surface area contributed by atoms with Crippen LogP contribution in [0.3, 0.4) is 0 Å². The molecule has 0 bridgehead atoms. The lowest BCUT2D eigenvalue weighted by atomic mass is 10.0. The van der Waals surface area contributed by atoms with Gasteiger partial charge in [0.25, 0.3) is 0 Å². The molecule has 1 saturated heterocycles. The lowest BCUT2D eigenvalue weighted by molar-refractivity contribution is 0.475. The van der Waals surface area contributed by atoms with Gasteiger partial charge in [0.2, 0.25) is 0 Å². The van der Waals surface area contributed by atoms with Crippen molar-refractivity contribution >= 4 is 23.0 Å². The molecule has 110 valence electrons. The van der Waals surface area contributed by atoms with Crippen LogP contribution in [-0.2, 0) is 0 Å². The summed E-state index contributed by atoms with van der Waals surface area (Å²) in [5, 5.41) is 13.3. The number of phenolic OH excluding ortho intramolecular Hbond substituents is 1. The van der Waals surface area contributed by atoms with Gasteiger partial charge in [-0.1, -0.05) is 11.6 Å². The molecule has 0 unspecified atom stereocenters. The largest absolute Gasteiger partial charge is 0.506 e. The van der Waals surface area contributed by atoms with Gasteiger partial charge >= 0.3 is 0 Å². The minimum atomic E-state index is 0.120. The second kappa shape index (κ2) is 6.22. The molecule has 1 aromatic heterocycles. The third-order valence-corrected chi connectivity index (χ3v) is 4.14. The molecule has 2 N–H and O–H groups in total. The zero-order valence-corrected chi connectivity index (χ0v) is 12.4. The fourth-order valence-corrected chi connectivity index (χ4v) is 2.85. The number of nitrogens with zero attached hydrogens (tertiary/aromatic N) is 2. The predicted octanol–water partition coefficient (Wildman–Crippen LogP) is 3.52. The van der Waals surface area contributed by atoms with E-state index in [1.807, 2.05) is 30.6 Å². The van der Waals surface area contributed by atoms with Crippen molar-refractivity contribution in [3.63, 3.8) is 0 Å². The van der Waals surface area contributed by atoms with Crippen LogP contribution in [0.4, 0.5) is 11.4 Å². The average molecular weight is 304 g/mol. The Labute approximate surface area is 129 Å². The molecule has 1 aliphatic heterocycles. The standard InChI is InChI=1S/C16H18ClN3O/c17-15-11-13(1-2-16(15)21)19-12-5-9-20(10-6-12)14-3-7-18-8-4-14/h1-4,7-8,11-12,19,21H,5-6,9-10H2. The summed E-state index contributed by atoms with van der Waals surface area (Å²) in [6.45, 7) is 2.04. The molecule has 1 aliphatic rings. The Morgan fingerprint density at radius 2 is 1.86 bits per heavy atom. The van der Waals surface area contributed by atoms with E-state index in [1.165, 1.54) is 5.69 Å². The zero-order chi connectivity index (χ0) is 14.7. The third kappa shape index (κ3) is 3.39. The van der Waals surface area contributed by atoms with E-state index in [9.17, 15) is 5.11 Å². The maximum absolute atomic E-state index is 9.44. The first kappa shape index (κ1) is 14.0. The van der Waals surface area contributed by atoms with Crippen LogP contribution in [0.2, 0.25) is 5.02 Å². The van der Waals surface area contributed by atoms with Crippen molar-refractivity contribution in [2.24, 2.45) is 0 Å². The monoisotopic (exact) mass is 303 g/mol. The number of halogens is 1. The van der Waals surface area contributed by atoms with Gasteiger partial charge in [0.15, 0.2) is 0 Å². The molecule has 2 aromatic rings. The highest BCUT2D eigenvalue weighted by Crippen LogP contribution is 2.28. The van der Waals surface area contributed by atoms with Crippen molar-refractivity contribution < 1.29 is 5.11 Å². The van der Waals surface area contributed by atoms with Crippen LogP contribution in [0.5, 0.6) is 5.75 Å². The number of piperidine rings is 1. The smallest absolute Gasteiger partial charge is 0.134 e. The number of pyridine rings is 1. The molecule has 0 amide bonds. The van der Waals surface area contributed by atoms with Gasteiger partial charge in [-0.25, -0.2) is 0 Å². The van der Waals surface area contributed by atoms with E-state index in [-0.39, 0.29) is 5.75 Å². The van der Waals surface area contributed by atoms with Gasteiger partial charge in [-0.2, -0.15) is 0 Å². The van der Waals surface area contributed by atoms with Crippen LogP contribution in [0.25, 0.3) is 0 Å². The van der Waals surface area contributed by atoms with E-state index in [1.54, 1.807) is 12.1 Å². The van der Waals surface area contributed by atoms with Crippen LogP contribution >= 0.6 is 11.6 Å². The summed E-state index contributed by atoms with van der Waals surface area (Å²) in [6.07, 6.45) is 5.80. The first-order valence-electron chi connectivity index (χ1n) is 7.12. The summed E-state index contributed by atoms with van der Waals surface area (Å²) in [7, 11) is 0. The van der Waals surface area contributed by atoms with Crippen molar-refractivity contribution in [2.75, 3.05) is 23.3 Å². The first-order chi connectivity index (χ1) is 10.2. The molecule has 0 radical (unpaired) electrons. The molecule has 5 heteroatoms. The van der Waals surface area contributed by atoms with Crippen LogP contribution in [0, 0.1) is 0 Å². The topological polar surface area (TPSA) is 48.4 Å². The van der Waals surface area contributed by atoms with E-state index < -0.39 is 0 Å². The Morgan fingerprint density at radius 1 is 1.14 bits per heavy atom. The summed E-state index contributed by atoms with van der Waals surface area (Å²) < 4.78 is 0. The summed E-state index contributed by atoms with van der Waals surface area (Å²) in [6, 6.07) is 9.78. The summed E-state index contributed by atoms with van der Waals surface area (Å²) in [4.78, 5) is 6.43. The van der Waals surface area contributed by atoms with E-state index in [4.69, 9.17) is 11.6 Å². The molecule has 3 rings (SSSR count). The van der Waals surface area contributed by atoms with Crippen LogP contribution in [0.1, 0.15) is 12.8 Å². The minimum Gasteiger partial charge on any atom is -0.506 e. The van der Waals surface area contributed by atoms with Gasteiger partial charge < -0.3 is 15.3 Å². The summed E-state index contributed by atoms with van der Waals surface area (Å²) in [5.41, 5.74) is 2.19. The molecule has 0 saturated carbocycles. The van der Waals surface area contributed by atoms with E-state index >= 15 is 0 Å². The van der Waals surface area contributed by atoms with Crippen LogP contribution in [-0.4, -0.2) is 29.2 Å². The van der Waals surface area contributed by atoms with Crippen LogP contribution in [0.15, 0.2) is 42.7 Å². The van der Waals surface area contributed by atoms with Gasteiger partial charge in [0.1, 0.15) is 5.75 Å². The Morgan fingerprint density at radius 3 is 2.52 bits per heavy atom. The van der Waals surface area contributed by atoms with Gasteiger partial charge in [-0.05, 0) is 43.2 Å². The third-order valence-electron chi connectivity index (χ3n) is 3.84. The van der Waals surface area contributed by atoms with Gasteiger partial charge in [0.05, 0.1) is 5.02 Å². The van der Waals surface area contributed by atoms with Crippen molar-refractivity contribution in [2.45, 2.75) is 18.9 Å². The van der Waals surface area contributed by atoms with Gasteiger partial charge in [0, 0.05) is 42.9 Å². The average Bonchev–Trinajstić information content (AvgIpc) is 2.53. The summed E-state index contributed by atoms with van der Waals surface area (Å²) in [5.74, 6) is 0.120. The van der Waals surface area contributed by atoms with Crippen molar-refractivity contribution in [1.82, 2.24) is 4.98 Å². The summed E-state index contributed by atoms with van der Waals surface area (Å²) >= 11 is 5.93. The molecular formula is C16H18ClN3O. The van der Waals surface area contributed by atoms with Gasteiger partial charge in [-0.3, -0.25) is 4.98 Å². The number of phenols is 1. The number of anilines is 2. The second-order valence-corrected chi connectivity index (χ2v) is 5.68. The maximum atomic E-state index is 9.44. The molecule has 0 aliphatic carbocycles. The maximum Gasteiger partial charge on any atom is 0.134 e. The minimum absolute atomic E-state index is 0.120. The lowest BCUT2D eigenvalue weighted by Crippen LogP contribution is -2.39. The van der Waals surface area contributed by atoms with Gasteiger partial charge in [-0.15, -0.1) is 0 Å². The zero-order valence-electron chi connectivity index (χ0n) is 11.7. The lowest BCUT2D eigenvalue weighted by Gasteiger charge is -2.34. The number of rotatable bonds is 3. The van der Waals surface area contributed by atoms with E-state index in [2.05, 4.69) is 15.2 Å². The highest BCUT2D eigenvalue weighted by Gasteiger charge is 2.19. The number of aromatic hydroxyl groups is 1. The molecular weight excluding hydrogens is 286 g/mol. The number of hydrogen-bond acceptors (Lipinski definition) is 4.